The number of rotatable bonds is 5. The van der Waals surface area contributed by atoms with Gasteiger partial charge in [0, 0.05) is 28.5 Å². The summed E-state index contributed by atoms with van der Waals surface area (Å²) in [7, 11) is 0. The van der Waals surface area contributed by atoms with Crippen LogP contribution in [0.5, 0.6) is 0 Å². The number of aryl methyl sites for hydroxylation is 1. The molecule has 2 heterocycles. The van der Waals surface area contributed by atoms with E-state index >= 15 is 0 Å². The van der Waals surface area contributed by atoms with Crippen molar-refractivity contribution in [3.05, 3.63) is 62.9 Å². The van der Waals surface area contributed by atoms with Crippen molar-refractivity contribution in [2.45, 2.75) is 40.3 Å². The van der Waals surface area contributed by atoms with Gasteiger partial charge in [0.1, 0.15) is 0 Å². The molecule has 0 saturated heterocycles. The summed E-state index contributed by atoms with van der Waals surface area (Å²) >= 11 is 5.97. The molecule has 0 aliphatic rings. The van der Waals surface area contributed by atoms with Gasteiger partial charge in [-0.25, -0.2) is 4.98 Å². The van der Waals surface area contributed by atoms with Gasteiger partial charge in [0.25, 0.3) is 5.56 Å². The highest BCUT2D eigenvalue weighted by atomic mass is 35.5. The summed E-state index contributed by atoms with van der Waals surface area (Å²) in [6.45, 7) is 6.87. The standard InChI is InChI=1S/C19H20ClN3O2/c1-4-7-23-12(2)8-15(13(23)3)18(24)10-22-11-21-17-6-5-14(20)9-16(17)19(22)25/h5-6,8-9,11H,4,7,10H2,1-3H3. The topological polar surface area (TPSA) is 56.9 Å². The highest BCUT2D eigenvalue weighted by Gasteiger charge is 2.17. The van der Waals surface area contributed by atoms with Crippen LogP contribution in [0.4, 0.5) is 0 Å². The Morgan fingerprint density at radius 1 is 1.24 bits per heavy atom. The molecule has 0 aliphatic heterocycles. The molecule has 0 atom stereocenters. The molecule has 0 spiro atoms. The van der Waals surface area contributed by atoms with Gasteiger partial charge in [0.15, 0.2) is 5.78 Å². The first kappa shape index (κ1) is 17.4. The van der Waals surface area contributed by atoms with Gasteiger partial charge < -0.3 is 4.57 Å². The van der Waals surface area contributed by atoms with Crippen molar-refractivity contribution in [3.63, 3.8) is 0 Å². The van der Waals surface area contributed by atoms with E-state index in [2.05, 4.69) is 16.5 Å². The predicted molar refractivity (Wildman–Crippen MR) is 99.5 cm³/mol. The van der Waals surface area contributed by atoms with E-state index in [0.29, 0.717) is 21.5 Å². The first-order chi connectivity index (χ1) is 11.9. The maximum atomic E-state index is 12.7. The minimum absolute atomic E-state index is 0.0370. The Kier molecular flexibility index (Phi) is 4.77. The number of Topliss-reactive ketones (excluding diaryl/α,β-unsaturated/α-hetero) is 1. The van der Waals surface area contributed by atoms with E-state index in [1.807, 2.05) is 19.9 Å². The van der Waals surface area contributed by atoms with Crippen LogP contribution in [-0.4, -0.2) is 19.9 Å². The van der Waals surface area contributed by atoms with E-state index in [-0.39, 0.29) is 17.9 Å². The molecule has 25 heavy (non-hydrogen) atoms. The van der Waals surface area contributed by atoms with E-state index in [9.17, 15) is 9.59 Å². The van der Waals surface area contributed by atoms with Crippen LogP contribution in [0.3, 0.4) is 0 Å². The molecular formula is C19H20ClN3O2. The summed E-state index contributed by atoms with van der Waals surface area (Å²) in [5.41, 5.74) is 2.96. The van der Waals surface area contributed by atoms with Crippen LogP contribution in [0.1, 0.15) is 35.1 Å². The molecule has 2 aromatic heterocycles. The summed E-state index contributed by atoms with van der Waals surface area (Å²) in [6.07, 6.45) is 2.42. The Hall–Kier alpha value is -2.40. The van der Waals surface area contributed by atoms with Gasteiger partial charge in [-0.15, -0.1) is 0 Å². The summed E-state index contributed by atoms with van der Waals surface area (Å²) in [6, 6.07) is 6.86. The first-order valence-corrected chi connectivity index (χ1v) is 8.64. The maximum Gasteiger partial charge on any atom is 0.261 e. The number of nitrogens with zero attached hydrogens (tertiary/aromatic N) is 3. The monoisotopic (exact) mass is 357 g/mol. The van der Waals surface area contributed by atoms with Crippen LogP contribution >= 0.6 is 11.6 Å². The molecule has 3 aromatic rings. The van der Waals surface area contributed by atoms with E-state index in [1.54, 1.807) is 18.2 Å². The van der Waals surface area contributed by atoms with Gasteiger partial charge in [-0.3, -0.25) is 14.2 Å². The second kappa shape index (κ2) is 6.84. The molecular weight excluding hydrogens is 338 g/mol. The maximum absolute atomic E-state index is 12.7. The number of hydrogen-bond donors (Lipinski definition) is 0. The number of aromatic nitrogens is 3. The molecule has 0 N–H and O–H groups in total. The molecule has 6 heteroatoms. The third kappa shape index (κ3) is 3.24. The second-order valence-electron chi connectivity index (χ2n) is 6.20. The average molecular weight is 358 g/mol. The number of benzene rings is 1. The number of fused-ring (bicyclic) bond motifs is 1. The number of ketones is 1. The summed E-state index contributed by atoms with van der Waals surface area (Å²) < 4.78 is 3.47. The van der Waals surface area contributed by atoms with Gasteiger partial charge in [0.05, 0.1) is 23.8 Å². The van der Waals surface area contributed by atoms with Crippen molar-refractivity contribution in [3.8, 4) is 0 Å². The number of hydrogen-bond acceptors (Lipinski definition) is 3. The van der Waals surface area contributed by atoms with E-state index in [0.717, 1.165) is 24.4 Å². The Morgan fingerprint density at radius 3 is 2.72 bits per heavy atom. The normalized spacial score (nSPS) is 11.2. The lowest BCUT2D eigenvalue weighted by molar-refractivity contribution is 0.0970. The molecule has 0 saturated carbocycles. The molecule has 130 valence electrons. The van der Waals surface area contributed by atoms with E-state index < -0.39 is 0 Å². The lowest BCUT2D eigenvalue weighted by Gasteiger charge is -2.09. The zero-order chi connectivity index (χ0) is 18.1. The molecule has 0 aliphatic carbocycles. The number of carbonyl (C=O) groups excluding carboxylic acids is 1. The molecule has 3 rings (SSSR count). The highest BCUT2D eigenvalue weighted by molar-refractivity contribution is 6.31. The van der Waals surface area contributed by atoms with Gasteiger partial charge in [0.2, 0.25) is 0 Å². The van der Waals surface area contributed by atoms with Crippen LogP contribution in [-0.2, 0) is 13.1 Å². The summed E-state index contributed by atoms with van der Waals surface area (Å²) in [5.74, 6) is -0.0965. The molecule has 0 unspecified atom stereocenters. The van der Waals surface area contributed by atoms with Crippen LogP contribution in [0.15, 0.2) is 35.4 Å². The third-order valence-electron chi connectivity index (χ3n) is 4.42. The van der Waals surface area contributed by atoms with Crippen molar-refractivity contribution in [2.75, 3.05) is 0 Å². The highest BCUT2D eigenvalue weighted by Crippen LogP contribution is 2.17. The van der Waals surface area contributed by atoms with Gasteiger partial charge >= 0.3 is 0 Å². The quantitative estimate of drug-likeness (QED) is 0.653. The fraction of sp³-hybridized carbons (Fsp3) is 0.316. The van der Waals surface area contributed by atoms with Crippen molar-refractivity contribution < 1.29 is 4.79 Å². The Morgan fingerprint density at radius 2 is 2.00 bits per heavy atom. The van der Waals surface area contributed by atoms with Gasteiger partial charge in [-0.1, -0.05) is 18.5 Å². The SMILES string of the molecule is CCCn1c(C)cc(C(=O)Cn2cnc3ccc(Cl)cc3c2=O)c1C. The minimum atomic E-state index is -0.261. The Bertz CT molecular complexity index is 1020. The molecule has 0 bridgehead atoms. The molecule has 0 amide bonds. The van der Waals surface area contributed by atoms with Crippen molar-refractivity contribution in [2.24, 2.45) is 0 Å². The predicted octanol–water partition coefficient (Wildman–Crippen LogP) is 3.76. The fourth-order valence-electron chi connectivity index (χ4n) is 3.13. The smallest absolute Gasteiger partial charge is 0.261 e. The van der Waals surface area contributed by atoms with E-state index in [1.165, 1.54) is 10.9 Å². The number of carbonyl (C=O) groups is 1. The Labute approximate surface area is 150 Å². The fourth-order valence-corrected chi connectivity index (χ4v) is 3.31. The number of halogens is 1. The molecule has 5 nitrogen and oxygen atoms in total. The van der Waals surface area contributed by atoms with Gasteiger partial charge in [-0.05, 0) is 44.5 Å². The zero-order valence-electron chi connectivity index (χ0n) is 14.5. The lowest BCUT2D eigenvalue weighted by atomic mass is 10.1. The minimum Gasteiger partial charge on any atom is -0.348 e. The second-order valence-corrected chi connectivity index (χ2v) is 6.64. The molecule has 0 radical (unpaired) electrons. The summed E-state index contributed by atoms with van der Waals surface area (Å²) in [5, 5.41) is 0.887. The van der Waals surface area contributed by atoms with Crippen molar-refractivity contribution in [1.82, 2.24) is 14.1 Å². The molecule has 1 aromatic carbocycles. The van der Waals surface area contributed by atoms with Crippen molar-refractivity contribution >= 4 is 28.3 Å². The van der Waals surface area contributed by atoms with Crippen LogP contribution < -0.4 is 5.56 Å². The average Bonchev–Trinajstić information content (AvgIpc) is 2.86. The summed E-state index contributed by atoms with van der Waals surface area (Å²) in [4.78, 5) is 29.6. The van der Waals surface area contributed by atoms with E-state index in [4.69, 9.17) is 11.6 Å². The Balaban J connectivity index is 1.96. The van der Waals surface area contributed by atoms with Crippen LogP contribution in [0, 0.1) is 13.8 Å². The van der Waals surface area contributed by atoms with Crippen LogP contribution in [0.2, 0.25) is 5.02 Å². The zero-order valence-corrected chi connectivity index (χ0v) is 15.3. The third-order valence-corrected chi connectivity index (χ3v) is 4.66. The first-order valence-electron chi connectivity index (χ1n) is 8.27. The van der Waals surface area contributed by atoms with Crippen LogP contribution in [0.25, 0.3) is 10.9 Å². The van der Waals surface area contributed by atoms with Crippen molar-refractivity contribution in [1.29, 1.82) is 0 Å². The molecule has 0 fully saturated rings. The van der Waals surface area contributed by atoms with Gasteiger partial charge in [-0.2, -0.15) is 0 Å². The lowest BCUT2D eigenvalue weighted by Crippen LogP contribution is -2.25. The largest absolute Gasteiger partial charge is 0.348 e.